The number of hydrogen-bond acceptors (Lipinski definition) is 6. The zero-order valence-corrected chi connectivity index (χ0v) is 13.5. The minimum atomic E-state index is -0.489. The first-order valence-electron chi connectivity index (χ1n) is 7.43. The first-order chi connectivity index (χ1) is 11.5. The Hall–Kier alpha value is -2.96. The first kappa shape index (κ1) is 15.9. The number of aromatic nitrogens is 2. The molecule has 0 unspecified atom stereocenters. The summed E-state index contributed by atoms with van der Waals surface area (Å²) in [7, 11) is 1.77. The number of nitrogens with zero attached hydrogens (tertiary/aromatic N) is 3. The molecular formula is C17H16FN3O3. The van der Waals surface area contributed by atoms with Crippen LogP contribution in [0.25, 0.3) is 11.1 Å². The van der Waals surface area contributed by atoms with E-state index in [1.54, 1.807) is 37.9 Å². The molecule has 0 saturated heterocycles. The highest BCUT2D eigenvalue weighted by Gasteiger charge is 2.25. The third kappa shape index (κ3) is 2.68. The van der Waals surface area contributed by atoms with Crippen LogP contribution in [-0.4, -0.2) is 29.6 Å². The Balaban J connectivity index is 2.17. The second-order valence-corrected chi connectivity index (χ2v) is 5.17. The molecule has 2 heterocycles. The molecule has 0 bridgehead atoms. The van der Waals surface area contributed by atoms with E-state index in [0.717, 1.165) is 0 Å². The molecule has 0 fully saturated rings. The quantitative estimate of drug-likeness (QED) is 0.681. The Labute approximate surface area is 137 Å². The number of furan rings is 1. The maximum absolute atomic E-state index is 13.1. The first-order valence-corrected chi connectivity index (χ1v) is 7.43. The molecule has 2 aromatic heterocycles. The van der Waals surface area contributed by atoms with Crippen LogP contribution in [0.3, 0.4) is 0 Å². The predicted molar refractivity (Wildman–Crippen MR) is 87.0 cm³/mol. The molecule has 124 valence electrons. The molecule has 24 heavy (non-hydrogen) atoms. The van der Waals surface area contributed by atoms with Crippen molar-refractivity contribution in [1.29, 1.82) is 0 Å². The summed E-state index contributed by atoms with van der Waals surface area (Å²) in [6, 6.07) is 5.97. The number of benzene rings is 1. The average molecular weight is 329 g/mol. The number of ether oxygens (including phenoxy) is 1. The summed E-state index contributed by atoms with van der Waals surface area (Å²) in [6.07, 6.45) is 1.36. The molecule has 0 aliphatic carbocycles. The number of halogens is 1. The summed E-state index contributed by atoms with van der Waals surface area (Å²) in [5, 5.41) is 0.472. The predicted octanol–water partition coefficient (Wildman–Crippen LogP) is 3.61. The highest BCUT2D eigenvalue weighted by molar-refractivity contribution is 6.08. The van der Waals surface area contributed by atoms with Crippen LogP contribution in [0.4, 0.5) is 15.9 Å². The third-order valence-electron chi connectivity index (χ3n) is 3.66. The average Bonchev–Trinajstić information content (AvgIpc) is 2.91. The summed E-state index contributed by atoms with van der Waals surface area (Å²) in [6.45, 7) is 3.66. The van der Waals surface area contributed by atoms with E-state index in [-0.39, 0.29) is 12.4 Å². The standard InChI is InChI=1S/C17H16FN3O3/c1-4-23-17(22)13-10(2)24-16-14(13)15(19-9-20-16)21(3)12-7-5-11(18)6-8-12/h5-9H,4H2,1-3H3. The van der Waals surface area contributed by atoms with Crippen LogP contribution in [0.2, 0.25) is 0 Å². The van der Waals surface area contributed by atoms with Gasteiger partial charge in [-0.15, -0.1) is 0 Å². The monoisotopic (exact) mass is 329 g/mol. The summed E-state index contributed by atoms with van der Waals surface area (Å²) >= 11 is 0. The lowest BCUT2D eigenvalue weighted by Gasteiger charge is -2.19. The molecule has 0 atom stereocenters. The molecule has 0 saturated carbocycles. The van der Waals surface area contributed by atoms with Gasteiger partial charge in [0.25, 0.3) is 0 Å². The summed E-state index contributed by atoms with van der Waals surface area (Å²) in [4.78, 5) is 22.4. The number of hydrogen-bond donors (Lipinski definition) is 0. The summed E-state index contributed by atoms with van der Waals surface area (Å²) in [5.41, 5.74) is 1.32. The Morgan fingerprint density at radius 3 is 2.67 bits per heavy atom. The van der Waals surface area contributed by atoms with Gasteiger partial charge in [-0.3, -0.25) is 0 Å². The minimum absolute atomic E-state index is 0.252. The van der Waals surface area contributed by atoms with Crippen molar-refractivity contribution in [2.75, 3.05) is 18.6 Å². The van der Waals surface area contributed by atoms with Gasteiger partial charge in [-0.2, -0.15) is 0 Å². The van der Waals surface area contributed by atoms with E-state index in [4.69, 9.17) is 9.15 Å². The van der Waals surface area contributed by atoms with Crippen LogP contribution in [0.5, 0.6) is 0 Å². The molecule has 0 aliphatic heterocycles. The lowest BCUT2D eigenvalue weighted by molar-refractivity contribution is 0.0526. The SMILES string of the molecule is CCOC(=O)c1c(C)oc2ncnc(N(C)c3ccc(F)cc3)c12. The van der Waals surface area contributed by atoms with E-state index < -0.39 is 5.97 Å². The topological polar surface area (TPSA) is 68.5 Å². The van der Waals surface area contributed by atoms with Gasteiger partial charge in [-0.25, -0.2) is 19.2 Å². The molecule has 3 rings (SSSR count). The van der Waals surface area contributed by atoms with Crippen LogP contribution >= 0.6 is 0 Å². The van der Waals surface area contributed by atoms with E-state index in [9.17, 15) is 9.18 Å². The lowest BCUT2D eigenvalue weighted by atomic mass is 10.1. The maximum atomic E-state index is 13.1. The van der Waals surface area contributed by atoms with Crippen LogP contribution in [-0.2, 0) is 4.74 Å². The van der Waals surface area contributed by atoms with Gasteiger partial charge in [0, 0.05) is 12.7 Å². The highest BCUT2D eigenvalue weighted by atomic mass is 19.1. The zero-order valence-electron chi connectivity index (χ0n) is 13.5. The van der Waals surface area contributed by atoms with Crippen LogP contribution in [0.1, 0.15) is 23.0 Å². The van der Waals surface area contributed by atoms with Gasteiger partial charge < -0.3 is 14.1 Å². The van der Waals surface area contributed by atoms with E-state index >= 15 is 0 Å². The summed E-state index contributed by atoms with van der Waals surface area (Å²) < 4.78 is 23.8. The smallest absolute Gasteiger partial charge is 0.342 e. The van der Waals surface area contributed by atoms with Gasteiger partial charge in [0.1, 0.15) is 29.3 Å². The van der Waals surface area contributed by atoms with Gasteiger partial charge in [-0.1, -0.05) is 0 Å². The number of carbonyl (C=O) groups excluding carboxylic acids is 1. The van der Waals surface area contributed by atoms with Crippen molar-refractivity contribution >= 4 is 28.6 Å². The van der Waals surface area contributed by atoms with E-state index in [2.05, 4.69) is 9.97 Å². The molecule has 3 aromatic rings. The Bertz CT molecular complexity index is 890. The summed E-state index contributed by atoms with van der Waals surface area (Å²) in [5.74, 6) is 0.0767. The molecule has 0 N–H and O–H groups in total. The number of fused-ring (bicyclic) bond motifs is 1. The molecule has 0 spiro atoms. The highest BCUT2D eigenvalue weighted by Crippen LogP contribution is 2.34. The minimum Gasteiger partial charge on any atom is -0.462 e. The van der Waals surface area contributed by atoms with Crippen molar-refractivity contribution in [2.45, 2.75) is 13.8 Å². The molecule has 1 aromatic carbocycles. The number of rotatable bonds is 4. The maximum Gasteiger partial charge on any atom is 0.342 e. The van der Waals surface area contributed by atoms with Crippen LogP contribution in [0.15, 0.2) is 35.0 Å². The van der Waals surface area contributed by atoms with Crippen molar-refractivity contribution in [3.8, 4) is 0 Å². The molecule has 0 amide bonds. The Morgan fingerprint density at radius 1 is 1.29 bits per heavy atom. The molecular weight excluding hydrogens is 313 g/mol. The van der Waals surface area contributed by atoms with E-state index in [0.29, 0.717) is 33.9 Å². The number of anilines is 2. The van der Waals surface area contributed by atoms with Crippen molar-refractivity contribution < 1.29 is 18.3 Å². The number of aryl methyl sites for hydroxylation is 1. The fourth-order valence-electron chi connectivity index (χ4n) is 2.52. The third-order valence-corrected chi connectivity index (χ3v) is 3.66. The second-order valence-electron chi connectivity index (χ2n) is 5.17. The lowest BCUT2D eigenvalue weighted by Crippen LogP contribution is -2.13. The van der Waals surface area contributed by atoms with Crippen molar-refractivity contribution in [1.82, 2.24) is 9.97 Å². The molecule has 0 aliphatic rings. The van der Waals surface area contributed by atoms with Gasteiger partial charge >= 0.3 is 5.97 Å². The van der Waals surface area contributed by atoms with Gasteiger partial charge in [-0.05, 0) is 38.1 Å². The molecule has 6 nitrogen and oxygen atoms in total. The van der Waals surface area contributed by atoms with Crippen LogP contribution in [0, 0.1) is 12.7 Å². The van der Waals surface area contributed by atoms with Crippen molar-refractivity contribution in [2.24, 2.45) is 0 Å². The normalized spacial score (nSPS) is 10.8. The van der Waals surface area contributed by atoms with Crippen molar-refractivity contribution in [3.63, 3.8) is 0 Å². The van der Waals surface area contributed by atoms with Gasteiger partial charge in [0.2, 0.25) is 5.71 Å². The number of carbonyl (C=O) groups is 1. The molecule has 7 heteroatoms. The fourth-order valence-corrected chi connectivity index (χ4v) is 2.52. The van der Waals surface area contributed by atoms with E-state index in [1.165, 1.54) is 18.5 Å². The largest absolute Gasteiger partial charge is 0.462 e. The zero-order chi connectivity index (χ0) is 17.3. The van der Waals surface area contributed by atoms with Crippen molar-refractivity contribution in [3.05, 3.63) is 47.7 Å². The Morgan fingerprint density at radius 2 is 2.00 bits per heavy atom. The van der Waals surface area contributed by atoms with Gasteiger partial charge in [0.15, 0.2) is 0 Å². The second kappa shape index (κ2) is 6.27. The van der Waals surface area contributed by atoms with E-state index in [1.807, 2.05) is 0 Å². The fraction of sp³-hybridized carbons (Fsp3) is 0.235. The Kier molecular flexibility index (Phi) is 4.16. The number of esters is 1. The molecule has 0 radical (unpaired) electrons. The van der Waals surface area contributed by atoms with Crippen LogP contribution < -0.4 is 4.90 Å². The van der Waals surface area contributed by atoms with Gasteiger partial charge in [0.05, 0.1) is 12.0 Å².